The Balaban J connectivity index is 0.801. The van der Waals surface area contributed by atoms with Crippen LogP contribution in [0.3, 0.4) is 0 Å². The van der Waals surface area contributed by atoms with Gasteiger partial charge in [-0.3, -0.25) is 4.57 Å². The van der Waals surface area contributed by atoms with Gasteiger partial charge in [-0.1, -0.05) is 205 Å². The number of para-hydroxylation sites is 1. The van der Waals surface area contributed by atoms with Gasteiger partial charge in [0.05, 0.1) is 16.4 Å². The van der Waals surface area contributed by atoms with Gasteiger partial charge in [-0.05, 0) is 174 Å². The van der Waals surface area contributed by atoms with Crippen molar-refractivity contribution in [3.8, 4) is 39.9 Å². The van der Waals surface area contributed by atoms with Crippen LogP contribution in [0.4, 0.5) is 0 Å². The van der Waals surface area contributed by atoms with Crippen molar-refractivity contribution in [2.75, 3.05) is 0 Å². The Morgan fingerprint density at radius 3 is 1.91 bits per heavy atom. The van der Waals surface area contributed by atoms with Crippen molar-refractivity contribution in [3.63, 3.8) is 0 Å². The number of nitrogens with zero attached hydrogens (tertiary/aromatic N) is 4. The van der Waals surface area contributed by atoms with E-state index >= 15 is 0 Å². The SMILES string of the molecule is CC(C)CCCC[C@H]1CC[C@H]2[C@@H]3CC[C@H]4CC(c5ccc(-c6nc(-c7ccccc7)nc(-n7c8ccccc8c8cc9c(cc87)-c7ccccc7C9(c7ccccc7)c7ccccc7)n6)cc5)CC[C@]4(C)[C@H]3CC[C@]12C. The molecule has 4 nitrogen and oxygen atoms in total. The van der Waals surface area contributed by atoms with Gasteiger partial charge >= 0.3 is 0 Å². The maximum Gasteiger partial charge on any atom is 0.238 e. The molecule has 382 valence electrons. The number of aromatic nitrogens is 4. The molecule has 1 unspecified atom stereocenters. The van der Waals surface area contributed by atoms with Crippen molar-refractivity contribution in [2.45, 2.75) is 122 Å². The van der Waals surface area contributed by atoms with Crippen LogP contribution in [0.2, 0.25) is 0 Å². The average molecular weight is 995 g/mol. The second-order valence-electron chi connectivity index (χ2n) is 25.2. The molecule has 4 heteroatoms. The zero-order valence-corrected chi connectivity index (χ0v) is 45.3. The molecule has 0 amide bonds. The first kappa shape index (κ1) is 47.8. The first-order valence-electron chi connectivity index (χ1n) is 29.4. The predicted molar refractivity (Wildman–Crippen MR) is 314 cm³/mol. The van der Waals surface area contributed by atoms with E-state index in [9.17, 15) is 0 Å². The number of hydrogen-bond acceptors (Lipinski definition) is 3. The monoisotopic (exact) mass is 995 g/mol. The fourth-order valence-corrected chi connectivity index (χ4v) is 17.4. The normalized spacial score (nSPS) is 26.2. The summed E-state index contributed by atoms with van der Waals surface area (Å²) in [5.41, 5.74) is 13.8. The van der Waals surface area contributed by atoms with Crippen molar-refractivity contribution >= 4 is 21.8 Å². The summed E-state index contributed by atoms with van der Waals surface area (Å²) in [5.74, 6) is 8.02. The van der Waals surface area contributed by atoms with E-state index in [4.69, 9.17) is 15.0 Å². The van der Waals surface area contributed by atoms with Gasteiger partial charge in [0.15, 0.2) is 11.6 Å². The lowest BCUT2D eigenvalue weighted by Gasteiger charge is -2.61. The molecule has 0 bridgehead atoms. The maximum absolute atomic E-state index is 5.47. The van der Waals surface area contributed by atoms with Crippen LogP contribution in [0.15, 0.2) is 176 Å². The summed E-state index contributed by atoms with van der Waals surface area (Å²) < 4.78 is 2.30. The zero-order chi connectivity index (χ0) is 51.2. The largest absolute Gasteiger partial charge is 0.278 e. The van der Waals surface area contributed by atoms with Gasteiger partial charge in [-0.25, -0.2) is 4.98 Å². The molecule has 76 heavy (non-hydrogen) atoms. The van der Waals surface area contributed by atoms with Crippen LogP contribution in [0.25, 0.3) is 61.7 Å². The highest BCUT2D eigenvalue weighted by Gasteiger charge is 2.60. The molecule has 2 aromatic heterocycles. The summed E-state index contributed by atoms with van der Waals surface area (Å²) in [4.78, 5) is 16.1. The van der Waals surface area contributed by atoms with Gasteiger partial charge < -0.3 is 0 Å². The van der Waals surface area contributed by atoms with Gasteiger partial charge in [0.1, 0.15) is 0 Å². The molecule has 5 aliphatic carbocycles. The molecule has 5 aliphatic rings. The van der Waals surface area contributed by atoms with Gasteiger partial charge in [-0.2, -0.15) is 9.97 Å². The van der Waals surface area contributed by atoms with Crippen LogP contribution in [0.5, 0.6) is 0 Å². The molecule has 4 saturated carbocycles. The van der Waals surface area contributed by atoms with Crippen LogP contribution in [0, 0.1) is 46.3 Å². The van der Waals surface area contributed by atoms with Gasteiger partial charge in [0, 0.05) is 21.9 Å². The van der Waals surface area contributed by atoms with Crippen LogP contribution < -0.4 is 0 Å². The lowest BCUT2D eigenvalue weighted by atomic mass is 9.44. The van der Waals surface area contributed by atoms with Crippen molar-refractivity contribution in [2.24, 2.45) is 46.3 Å². The number of benzene rings is 7. The molecular weight excluding hydrogens is 921 g/mol. The molecule has 0 radical (unpaired) electrons. The van der Waals surface area contributed by atoms with Crippen LogP contribution in [0.1, 0.15) is 145 Å². The predicted octanol–water partition coefficient (Wildman–Crippen LogP) is 18.6. The smallest absolute Gasteiger partial charge is 0.238 e. The third-order valence-corrected chi connectivity index (χ3v) is 21.2. The first-order valence-corrected chi connectivity index (χ1v) is 29.4. The Hall–Kier alpha value is -6.65. The Labute approximate surface area is 451 Å². The van der Waals surface area contributed by atoms with Gasteiger partial charge in [0.25, 0.3) is 0 Å². The summed E-state index contributed by atoms with van der Waals surface area (Å²) in [5, 5.41) is 2.35. The van der Waals surface area contributed by atoms with Gasteiger partial charge in [0.2, 0.25) is 5.95 Å². The van der Waals surface area contributed by atoms with Crippen LogP contribution in [-0.4, -0.2) is 19.5 Å². The quantitative estimate of drug-likeness (QED) is 0.121. The highest BCUT2D eigenvalue weighted by atomic mass is 15.2. The lowest BCUT2D eigenvalue weighted by Crippen LogP contribution is -2.53. The number of fused-ring (bicyclic) bond motifs is 11. The van der Waals surface area contributed by atoms with E-state index < -0.39 is 5.41 Å². The molecule has 14 rings (SSSR count). The summed E-state index contributed by atoms with van der Waals surface area (Å²) >= 11 is 0. The summed E-state index contributed by atoms with van der Waals surface area (Å²) in [6.07, 6.45) is 18.6. The highest BCUT2D eigenvalue weighted by molar-refractivity contribution is 6.11. The lowest BCUT2D eigenvalue weighted by molar-refractivity contribution is -0.114. The summed E-state index contributed by atoms with van der Waals surface area (Å²) in [6, 6.07) is 64.8. The number of hydrogen-bond donors (Lipinski definition) is 0. The van der Waals surface area contributed by atoms with E-state index in [0.717, 1.165) is 57.7 Å². The van der Waals surface area contributed by atoms with E-state index in [0.29, 0.717) is 34.3 Å². The second kappa shape index (κ2) is 18.8. The molecule has 0 spiro atoms. The van der Waals surface area contributed by atoms with Crippen molar-refractivity contribution < 1.29 is 0 Å². The molecule has 0 N–H and O–H groups in total. The van der Waals surface area contributed by atoms with Crippen LogP contribution >= 0.6 is 0 Å². The summed E-state index contributed by atoms with van der Waals surface area (Å²) in [7, 11) is 0. The molecule has 9 aromatic rings. The number of rotatable bonds is 11. The zero-order valence-electron chi connectivity index (χ0n) is 45.3. The topological polar surface area (TPSA) is 43.6 Å². The molecule has 0 aliphatic heterocycles. The molecule has 7 aromatic carbocycles. The molecule has 2 heterocycles. The standard InChI is InChI=1S/C72H74N4/c1-47(2)20-14-15-23-52-37-39-61-58-38-36-55-44-51(40-42-71(55,4)62(58)41-43-70(52,61)3)48-32-34-50(35-33-48)68-73-67(49-21-8-5-9-22-49)74-69(75-68)76-65-31-19-17-29-57(65)60-45-64-59(46-66(60)76)56-28-16-18-30-63(56)72(64,53-24-10-6-11-25-53)54-26-12-7-13-27-54/h5-13,16-19,21-22,24-35,45-47,51-52,55,58,61-62H,14-15,20,23,36-44H2,1-4H3/t51?,52-,55-,58-,61-,62-,70+,71-/m0/s1. The highest BCUT2D eigenvalue weighted by Crippen LogP contribution is 2.69. The minimum absolute atomic E-state index is 0.480. The minimum Gasteiger partial charge on any atom is -0.278 e. The third-order valence-electron chi connectivity index (χ3n) is 21.2. The number of unbranched alkanes of at least 4 members (excludes halogenated alkanes) is 1. The van der Waals surface area contributed by atoms with Crippen molar-refractivity contribution in [3.05, 3.63) is 204 Å². The summed E-state index contributed by atoms with van der Waals surface area (Å²) in [6.45, 7) is 10.3. The molecule has 8 atom stereocenters. The molecule has 0 saturated heterocycles. The minimum atomic E-state index is -0.501. The second-order valence-corrected chi connectivity index (χ2v) is 25.2. The van der Waals surface area contributed by atoms with Crippen molar-refractivity contribution in [1.82, 2.24) is 19.5 Å². The van der Waals surface area contributed by atoms with E-state index in [1.807, 2.05) is 0 Å². The average Bonchev–Trinajstić information content (AvgIpc) is 4.29. The van der Waals surface area contributed by atoms with E-state index in [2.05, 4.69) is 208 Å². The Morgan fingerprint density at radius 2 is 1.17 bits per heavy atom. The van der Waals surface area contributed by atoms with Crippen molar-refractivity contribution in [1.29, 1.82) is 0 Å². The maximum atomic E-state index is 5.47. The Bertz CT molecular complexity index is 3540. The third kappa shape index (κ3) is 7.54. The molecular formula is C72H74N4. The van der Waals surface area contributed by atoms with E-state index in [1.54, 1.807) is 0 Å². The molecule has 4 fully saturated rings. The van der Waals surface area contributed by atoms with E-state index in [1.165, 1.54) is 133 Å². The fourth-order valence-electron chi connectivity index (χ4n) is 17.4. The Morgan fingerprint density at radius 1 is 0.526 bits per heavy atom. The van der Waals surface area contributed by atoms with Gasteiger partial charge in [-0.15, -0.1) is 0 Å². The van der Waals surface area contributed by atoms with E-state index in [-0.39, 0.29) is 0 Å². The Kier molecular flexibility index (Phi) is 11.8. The van der Waals surface area contributed by atoms with Crippen LogP contribution in [-0.2, 0) is 5.41 Å². The first-order chi connectivity index (χ1) is 37.2. The fraction of sp³-hybridized carbons (Fsp3) is 0.375.